The lowest BCUT2D eigenvalue weighted by Crippen LogP contribution is -2.46. The summed E-state index contributed by atoms with van der Waals surface area (Å²) >= 11 is 1.68. The first kappa shape index (κ1) is 21.6. The largest absolute Gasteiger partial charge is 0.494 e. The minimum atomic E-state index is 0.00423. The molecule has 1 N–H and O–H groups in total. The SMILES string of the molecule is CCOc1ccc2nc(N3CCC[C@@H](C(=O)N[C@H](CC)Cc4ccccc4)C3)sc2c1. The standard InChI is InChI=1S/C25H31N3O2S/c1-3-20(15-18-9-6-5-7-10-18)26-24(29)19-11-8-14-28(17-19)25-27-22-13-12-21(30-4-2)16-23(22)31-25/h5-7,9-10,12-13,16,19-20H,3-4,8,11,14-15,17H2,1-2H3,(H,26,29)/t19-,20-/m1/s1. The number of carbonyl (C=O) groups is 1. The van der Waals surface area contributed by atoms with Crippen molar-refractivity contribution in [2.75, 3.05) is 24.6 Å². The summed E-state index contributed by atoms with van der Waals surface area (Å²) in [6.45, 7) is 6.46. The van der Waals surface area contributed by atoms with E-state index < -0.39 is 0 Å². The molecule has 0 bridgehead atoms. The predicted octanol–water partition coefficient (Wildman–Crippen LogP) is 5.05. The Bertz CT molecular complexity index is 1000. The van der Waals surface area contributed by atoms with Crippen LogP contribution in [0.4, 0.5) is 5.13 Å². The quantitative estimate of drug-likeness (QED) is 0.536. The first-order valence-corrected chi connectivity index (χ1v) is 12.1. The molecule has 0 radical (unpaired) electrons. The molecule has 2 atom stereocenters. The molecule has 0 unspecified atom stereocenters. The van der Waals surface area contributed by atoms with Gasteiger partial charge in [-0.2, -0.15) is 0 Å². The second-order valence-electron chi connectivity index (χ2n) is 8.15. The van der Waals surface area contributed by atoms with Gasteiger partial charge in [0, 0.05) is 19.1 Å². The zero-order valence-electron chi connectivity index (χ0n) is 18.3. The van der Waals surface area contributed by atoms with Crippen molar-refractivity contribution < 1.29 is 9.53 Å². The molecule has 31 heavy (non-hydrogen) atoms. The van der Waals surface area contributed by atoms with E-state index in [-0.39, 0.29) is 17.9 Å². The van der Waals surface area contributed by atoms with Crippen molar-refractivity contribution in [1.82, 2.24) is 10.3 Å². The molecule has 6 heteroatoms. The van der Waals surface area contributed by atoms with Gasteiger partial charge in [-0.25, -0.2) is 4.98 Å². The van der Waals surface area contributed by atoms with Crippen LogP contribution >= 0.6 is 11.3 Å². The summed E-state index contributed by atoms with van der Waals surface area (Å²) in [5.41, 5.74) is 2.25. The summed E-state index contributed by atoms with van der Waals surface area (Å²) in [4.78, 5) is 20.1. The van der Waals surface area contributed by atoms with E-state index in [0.717, 1.165) is 59.9 Å². The normalized spacial score (nSPS) is 17.5. The number of fused-ring (bicyclic) bond motifs is 1. The molecular formula is C25H31N3O2S. The van der Waals surface area contributed by atoms with Crippen LogP contribution in [0.1, 0.15) is 38.7 Å². The Morgan fingerprint density at radius 3 is 2.87 bits per heavy atom. The van der Waals surface area contributed by atoms with Crippen molar-refractivity contribution in [2.24, 2.45) is 5.92 Å². The lowest BCUT2D eigenvalue weighted by atomic mass is 9.96. The lowest BCUT2D eigenvalue weighted by molar-refractivity contribution is -0.126. The van der Waals surface area contributed by atoms with E-state index in [2.05, 4.69) is 47.5 Å². The molecule has 2 heterocycles. The van der Waals surface area contributed by atoms with Crippen LogP contribution in [-0.2, 0) is 11.2 Å². The summed E-state index contributed by atoms with van der Waals surface area (Å²) in [5.74, 6) is 1.06. The van der Waals surface area contributed by atoms with Gasteiger partial charge >= 0.3 is 0 Å². The number of aromatic nitrogens is 1. The highest BCUT2D eigenvalue weighted by molar-refractivity contribution is 7.22. The Morgan fingerprint density at radius 2 is 2.10 bits per heavy atom. The van der Waals surface area contributed by atoms with Crippen LogP contribution in [-0.4, -0.2) is 36.6 Å². The van der Waals surface area contributed by atoms with E-state index in [4.69, 9.17) is 9.72 Å². The molecule has 2 aromatic carbocycles. The monoisotopic (exact) mass is 437 g/mol. The number of anilines is 1. The maximum absolute atomic E-state index is 13.1. The molecule has 4 rings (SSSR count). The first-order valence-electron chi connectivity index (χ1n) is 11.3. The van der Waals surface area contributed by atoms with Crippen molar-refractivity contribution in [3.63, 3.8) is 0 Å². The Balaban J connectivity index is 1.40. The predicted molar refractivity (Wildman–Crippen MR) is 128 cm³/mol. The number of thiazole rings is 1. The summed E-state index contributed by atoms with van der Waals surface area (Å²) in [7, 11) is 0. The van der Waals surface area contributed by atoms with E-state index in [9.17, 15) is 4.79 Å². The number of ether oxygens (including phenoxy) is 1. The number of nitrogens with one attached hydrogen (secondary N) is 1. The number of hydrogen-bond acceptors (Lipinski definition) is 5. The maximum Gasteiger partial charge on any atom is 0.225 e. The average molecular weight is 438 g/mol. The van der Waals surface area contributed by atoms with Gasteiger partial charge in [-0.05, 0) is 56.4 Å². The number of benzene rings is 2. The number of nitrogens with zero attached hydrogens (tertiary/aromatic N) is 2. The van der Waals surface area contributed by atoms with Gasteiger partial charge in [-0.3, -0.25) is 4.79 Å². The van der Waals surface area contributed by atoms with Crippen LogP contribution in [0.2, 0.25) is 0 Å². The molecule has 1 aromatic heterocycles. The van der Waals surface area contributed by atoms with E-state index in [1.165, 1.54) is 5.56 Å². The van der Waals surface area contributed by atoms with Crippen LogP contribution in [0, 0.1) is 5.92 Å². The van der Waals surface area contributed by atoms with Gasteiger partial charge < -0.3 is 15.0 Å². The van der Waals surface area contributed by atoms with Crippen molar-refractivity contribution in [1.29, 1.82) is 0 Å². The smallest absolute Gasteiger partial charge is 0.225 e. The average Bonchev–Trinajstić information content (AvgIpc) is 3.23. The molecule has 1 saturated heterocycles. The topological polar surface area (TPSA) is 54.5 Å². The van der Waals surface area contributed by atoms with E-state index >= 15 is 0 Å². The molecule has 0 aliphatic carbocycles. The highest BCUT2D eigenvalue weighted by Crippen LogP contribution is 2.33. The minimum Gasteiger partial charge on any atom is -0.494 e. The third-order valence-electron chi connectivity index (χ3n) is 5.89. The highest BCUT2D eigenvalue weighted by Gasteiger charge is 2.28. The van der Waals surface area contributed by atoms with Crippen molar-refractivity contribution in [2.45, 2.75) is 45.6 Å². The van der Waals surface area contributed by atoms with E-state index in [1.807, 2.05) is 25.1 Å². The molecule has 1 aliphatic heterocycles. The molecule has 1 amide bonds. The third kappa shape index (κ3) is 5.37. The molecule has 1 fully saturated rings. The van der Waals surface area contributed by atoms with Crippen LogP contribution < -0.4 is 15.0 Å². The second kappa shape index (κ2) is 10.1. The third-order valence-corrected chi connectivity index (χ3v) is 6.97. The van der Waals surface area contributed by atoms with Gasteiger partial charge in [0.2, 0.25) is 5.91 Å². The number of piperidine rings is 1. The number of carbonyl (C=O) groups excluding carboxylic acids is 1. The number of rotatable bonds is 8. The zero-order chi connectivity index (χ0) is 21.6. The molecule has 5 nitrogen and oxygen atoms in total. The van der Waals surface area contributed by atoms with Gasteiger partial charge in [0.1, 0.15) is 5.75 Å². The molecule has 164 valence electrons. The summed E-state index contributed by atoms with van der Waals surface area (Å²) < 4.78 is 6.75. The van der Waals surface area contributed by atoms with E-state index in [1.54, 1.807) is 11.3 Å². The molecule has 1 aliphatic rings. The molecule has 0 spiro atoms. The summed E-state index contributed by atoms with van der Waals surface area (Å²) in [6.07, 6.45) is 3.74. The lowest BCUT2D eigenvalue weighted by Gasteiger charge is -2.32. The Hall–Kier alpha value is -2.60. The van der Waals surface area contributed by atoms with E-state index in [0.29, 0.717) is 6.61 Å². The molecule has 3 aromatic rings. The van der Waals surface area contributed by atoms with Gasteiger partial charge in [0.15, 0.2) is 5.13 Å². The van der Waals surface area contributed by atoms with Crippen LogP contribution in [0.15, 0.2) is 48.5 Å². The van der Waals surface area contributed by atoms with Gasteiger partial charge in [-0.15, -0.1) is 0 Å². The fraction of sp³-hybridized carbons (Fsp3) is 0.440. The highest BCUT2D eigenvalue weighted by atomic mass is 32.1. The van der Waals surface area contributed by atoms with Crippen LogP contribution in [0.25, 0.3) is 10.2 Å². The number of hydrogen-bond donors (Lipinski definition) is 1. The Morgan fingerprint density at radius 1 is 1.26 bits per heavy atom. The fourth-order valence-electron chi connectivity index (χ4n) is 4.16. The van der Waals surface area contributed by atoms with Crippen LogP contribution in [0.3, 0.4) is 0 Å². The minimum absolute atomic E-state index is 0.00423. The second-order valence-corrected chi connectivity index (χ2v) is 9.16. The summed E-state index contributed by atoms with van der Waals surface area (Å²) in [6, 6.07) is 16.6. The van der Waals surface area contributed by atoms with Crippen molar-refractivity contribution >= 4 is 32.6 Å². The van der Waals surface area contributed by atoms with Crippen molar-refractivity contribution in [3.05, 3.63) is 54.1 Å². The Labute approximate surface area is 188 Å². The van der Waals surface area contributed by atoms with Gasteiger partial charge in [0.05, 0.1) is 22.7 Å². The maximum atomic E-state index is 13.1. The fourth-order valence-corrected chi connectivity index (χ4v) is 5.19. The molecule has 0 saturated carbocycles. The van der Waals surface area contributed by atoms with Crippen molar-refractivity contribution in [3.8, 4) is 5.75 Å². The first-order chi connectivity index (χ1) is 15.2. The van der Waals surface area contributed by atoms with Crippen LogP contribution in [0.5, 0.6) is 5.75 Å². The zero-order valence-corrected chi connectivity index (χ0v) is 19.2. The van der Waals surface area contributed by atoms with Gasteiger partial charge in [0.25, 0.3) is 0 Å². The Kier molecular flexibility index (Phi) is 7.07. The number of amides is 1. The molecular weight excluding hydrogens is 406 g/mol. The van der Waals surface area contributed by atoms with Gasteiger partial charge in [-0.1, -0.05) is 48.6 Å². The summed E-state index contributed by atoms with van der Waals surface area (Å²) in [5, 5.41) is 4.30.